The second kappa shape index (κ2) is 7.72. The van der Waals surface area contributed by atoms with Crippen molar-refractivity contribution in [3.8, 4) is 11.4 Å². The van der Waals surface area contributed by atoms with Crippen LogP contribution in [0.15, 0.2) is 57.5 Å². The standard InChI is InChI=1S/C22H20BrN3O3/c23-17-7-5-14(6-8-17)18-13-19(18)21-24-20(25-29-21)15-1-3-16(4-2-15)22(27)26-9-11-28-12-10-26/h1-8,18-19H,9-13H2/t18-,19+/m0/s1. The van der Waals surface area contributed by atoms with Gasteiger partial charge in [0, 0.05) is 34.6 Å². The lowest BCUT2D eigenvalue weighted by Crippen LogP contribution is -2.40. The first kappa shape index (κ1) is 18.5. The Morgan fingerprint density at radius 1 is 1.00 bits per heavy atom. The number of amides is 1. The number of rotatable bonds is 4. The maximum atomic E-state index is 12.6. The molecule has 0 N–H and O–H groups in total. The summed E-state index contributed by atoms with van der Waals surface area (Å²) in [5.74, 6) is 1.99. The van der Waals surface area contributed by atoms with E-state index >= 15 is 0 Å². The summed E-state index contributed by atoms with van der Waals surface area (Å²) in [7, 11) is 0. The molecular weight excluding hydrogens is 434 g/mol. The number of ether oxygens (including phenoxy) is 1. The number of halogens is 1. The average molecular weight is 454 g/mol. The van der Waals surface area contributed by atoms with Gasteiger partial charge in [0.05, 0.1) is 13.2 Å². The molecule has 2 aliphatic rings. The van der Waals surface area contributed by atoms with Crippen molar-refractivity contribution in [2.45, 2.75) is 18.3 Å². The van der Waals surface area contributed by atoms with Gasteiger partial charge >= 0.3 is 0 Å². The topological polar surface area (TPSA) is 68.5 Å². The smallest absolute Gasteiger partial charge is 0.254 e. The van der Waals surface area contributed by atoms with E-state index in [4.69, 9.17) is 9.26 Å². The van der Waals surface area contributed by atoms with Crippen LogP contribution in [0.1, 0.15) is 40.1 Å². The number of hydrogen-bond acceptors (Lipinski definition) is 5. The van der Waals surface area contributed by atoms with Gasteiger partial charge in [-0.1, -0.05) is 45.4 Å². The molecule has 1 aliphatic heterocycles. The van der Waals surface area contributed by atoms with Crippen molar-refractivity contribution in [2.24, 2.45) is 0 Å². The SMILES string of the molecule is O=C(c1ccc(-c2noc([C@@H]3C[C@H]3c3ccc(Br)cc3)n2)cc1)N1CCOCC1. The Kier molecular flexibility index (Phi) is 4.93. The molecule has 7 heteroatoms. The Morgan fingerprint density at radius 2 is 1.72 bits per heavy atom. The van der Waals surface area contributed by atoms with Crippen molar-refractivity contribution >= 4 is 21.8 Å². The molecule has 5 rings (SSSR count). The molecule has 2 fully saturated rings. The van der Waals surface area contributed by atoms with Gasteiger partial charge in [0.1, 0.15) is 0 Å². The molecule has 3 aromatic rings. The molecule has 2 heterocycles. The van der Waals surface area contributed by atoms with Gasteiger partial charge in [0.15, 0.2) is 0 Å². The van der Waals surface area contributed by atoms with E-state index in [-0.39, 0.29) is 11.8 Å². The van der Waals surface area contributed by atoms with Crippen molar-refractivity contribution in [1.82, 2.24) is 15.0 Å². The lowest BCUT2D eigenvalue weighted by molar-refractivity contribution is 0.0303. The highest BCUT2D eigenvalue weighted by atomic mass is 79.9. The van der Waals surface area contributed by atoms with E-state index in [9.17, 15) is 4.79 Å². The fourth-order valence-electron chi connectivity index (χ4n) is 3.76. The number of carbonyl (C=O) groups excluding carboxylic acids is 1. The third-order valence-corrected chi connectivity index (χ3v) is 6.06. The Morgan fingerprint density at radius 3 is 2.45 bits per heavy atom. The highest BCUT2D eigenvalue weighted by molar-refractivity contribution is 9.10. The van der Waals surface area contributed by atoms with Crippen LogP contribution < -0.4 is 0 Å². The van der Waals surface area contributed by atoms with Gasteiger partial charge in [-0.3, -0.25) is 4.79 Å². The van der Waals surface area contributed by atoms with Crippen LogP contribution in [0.3, 0.4) is 0 Å². The van der Waals surface area contributed by atoms with Gasteiger partial charge in [-0.2, -0.15) is 4.98 Å². The monoisotopic (exact) mass is 453 g/mol. The van der Waals surface area contributed by atoms with Gasteiger partial charge in [-0.05, 0) is 42.2 Å². The van der Waals surface area contributed by atoms with E-state index in [0.717, 1.165) is 16.5 Å². The predicted octanol–water partition coefficient (Wildman–Crippen LogP) is 4.24. The fraction of sp³-hybridized carbons (Fsp3) is 0.318. The molecule has 2 atom stereocenters. The van der Waals surface area contributed by atoms with E-state index in [1.165, 1.54) is 5.56 Å². The summed E-state index contributed by atoms with van der Waals surface area (Å²) in [5, 5.41) is 4.15. The molecule has 29 heavy (non-hydrogen) atoms. The lowest BCUT2D eigenvalue weighted by atomic mass is 10.1. The first-order chi connectivity index (χ1) is 14.2. The van der Waals surface area contributed by atoms with E-state index in [0.29, 0.717) is 49.5 Å². The fourth-order valence-corrected chi connectivity index (χ4v) is 4.02. The average Bonchev–Trinajstić information content (AvgIpc) is 3.42. The summed E-state index contributed by atoms with van der Waals surface area (Å²) in [4.78, 5) is 19.0. The third kappa shape index (κ3) is 3.84. The van der Waals surface area contributed by atoms with E-state index < -0.39 is 0 Å². The summed E-state index contributed by atoms with van der Waals surface area (Å²) in [6.07, 6.45) is 1.02. The molecule has 6 nitrogen and oxygen atoms in total. The summed E-state index contributed by atoms with van der Waals surface area (Å²) in [5.41, 5.74) is 2.81. The number of carbonyl (C=O) groups is 1. The Bertz CT molecular complexity index is 1010. The lowest BCUT2D eigenvalue weighted by Gasteiger charge is -2.26. The molecule has 1 aromatic heterocycles. The van der Waals surface area contributed by atoms with E-state index in [2.05, 4.69) is 50.3 Å². The van der Waals surface area contributed by atoms with Gasteiger partial charge in [0.2, 0.25) is 11.7 Å². The molecule has 1 amide bonds. The highest BCUT2D eigenvalue weighted by Crippen LogP contribution is 2.54. The summed E-state index contributed by atoms with van der Waals surface area (Å²) < 4.78 is 11.9. The van der Waals surface area contributed by atoms with Crippen LogP contribution >= 0.6 is 15.9 Å². The quantitative estimate of drug-likeness (QED) is 0.590. The van der Waals surface area contributed by atoms with Gasteiger partial charge in [0.25, 0.3) is 5.91 Å². The summed E-state index contributed by atoms with van der Waals surface area (Å²) in [6.45, 7) is 2.46. The van der Waals surface area contributed by atoms with Crippen LogP contribution in [0, 0.1) is 0 Å². The largest absolute Gasteiger partial charge is 0.378 e. The summed E-state index contributed by atoms with van der Waals surface area (Å²) in [6, 6.07) is 15.8. The van der Waals surface area contributed by atoms with Crippen molar-refractivity contribution in [3.05, 3.63) is 70.0 Å². The zero-order valence-corrected chi connectivity index (χ0v) is 17.3. The van der Waals surface area contributed by atoms with Crippen LogP contribution in [0.2, 0.25) is 0 Å². The van der Waals surface area contributed by atoms with Crippen molar-refractivity contribution < 1.29 is 14.1 Å². The maximum absolute atomic E-state index is 12.6. The Balaban J connectivity index is 1.27. The van der Waals surface area contributed by atoms with E-state index in [1.54, 1.807) is 0 Å². The second-order valence-corrected chi connectivity index (χ2v) is 8.35. The van der Waals surface area contributed by atoms with Crippen molar-refractivity contribution in [1.29, 1.82) is 0 Å². The zero-order valence-electron chi connectivity index (χ0n) is 15.8. The molecular formula is C22H20BrN3O3. The Labute approximate surface area is 177 Å². The number of hydrogen-bond donors (Lipinski definition) is 0. The molecule has 1 saturated heterocycles. The number of benzene rings is 2. The number of aromatic nitrogens is 2. The van der Waals surface area contributed by atoms with Crippen LogP contribution in [0.25, 0.3) is 11.4 Å². The molecule has 0 spiro atoms. The van der Waals surface area contributed by atoms with Crippen LogP contribution in [0.5, 0.6) is 0 Å². The van der Waals surface area contributed by atoms with Crippen LogP contribution in [-0.2, 0) is 4.74 Å². The van der Waals surface area contributed by atoms with Crippen LogP contribution in [-0.4, -0.2) is 47.3 Å². The van der Waals surface area contributed by atoms with E-state index in [1.807, 2.05) is 29.2 Å². The minimum atomic E-state index is 0.0315. The number of nitrogens with zero attached hydrogens (tertiary/aromatic N) is 3. The first-order valence-electron chi connectivity index (χ1n) is 9.75. The molecule has 0 radical (unpaired) electrons. The maximum Gasteiger partial charge on any atom is 0.254 e. The zero-order chi connectivity index (χ0) is 19.8. The first-order valence-corrected chi connectivity index (χ1v) is 10.5. The normalized spacial score (nSPS) is 21.2. The molecule has 1 saturated carbocycles. The van der Waals surface area contributed by atoms with Crippen LogP contribution in [0.4, 0.5) is 0 Å². The van der Waals surface area contributed by atoms with Gasteiger partial charge < -0.3 is 14.2 Å². The second-order valence-electron chi connectivity index (χ2n) is 7.44. The highest BCUT2D eigenvalue weighted by Gasteiger charge is 2.43. The minimum Gasteiger partial charge on any atom is -0.378 e. The summed E-state index contributed by atoms with van der Waals surface area (Å²) >= 11 is 3.47. The molecule has 148 valence electrons. The molecule has 2 aromatic carbocycles. The van der Waals surface area contributed by atoms with Gasteiger partial charge in [-0.15, -0.1) is 0 Å². The predicted molar refractivity (Wildman–Crippen MR) is 111 cm³/mol. The van der Waals surface area contributed by atoms with Crippen molar-refractivity contribution in [3.63, 3.8) is 0 Å². The van der Waals surface area contributed by atoms with Gasteiger partial charge in [-0.25, -0.2) is 0 Å². The Hall–Kier alpha value is -2.51. The third-order valence-electron chi connectivity index (χ3n) is 5.54. The molecule has 1 aliphatic carbocycles. The number of morpholine rings is 1. The van der Waals surface area contributed by atoms with Crippen molar-refractivity contribution in [2.75, 3.05) is 26.3 Å². The molecule has 0 unspecified atom stereocenters. The molecule has 0 bridgehead atoms. The minimum absolute atomic E-state index is 0.0315.